The Balaban J connectivity index is 1.82. The molecule has 0 aliphatic carbocycles. The summed E-state index contributed by atoms with van der Waals surface area (Å²) in [5, 5.41) is 2.98. The fourth-order valence-corrected chi connectivity index (χ4v) is 3.07. The van der Waals surface area contributed by atoms with Gasteiger partial charge in [0, 0.05) is 18.0 Å². The molecule has 3 aromatic rings. The van der Waals surface area contributed by atoms with E-state index in [1.165, 1.54) is 6.07 Å². The third-order valence-corrected chi connectivity index (χ3v) is 4.55. The summed E-state index contributed by atoms with van der Waals surface area (Å²) in [6.07, 6.45) is -1.61. The van der Waals surface area contributed by atoms with Crippen molar-refractivity contribution in [3.8, 4) is 5.75 Å². The lowest BCUT2D eigenvalue weighted by atomic mass is 10.0. The Bertz CT molecular complexity index is 1230. The fourth-order valence-electron chi connectivity index (χ4n) is 3.07. The summed E-state index contributed by atoms with van der Waals surface area (Å²) < 4.78 is 77.1. The minimum absolute atomic E-state index is 0.172. The van der Waals surface area contributed by atoms with Crippen molar-refractivity contribution in [1.29, 1.82) is 0 Å². The topological polar surface area (TPSA) is 68.5 Å². The third-order valence-electron chi connectivity index (χ3n) is 4.55. The summed E-state index contributed by atoms with van der Waals surface area (Å²) >= 11 is 0. The summed E-state index contributed by atoms with van der Waals surface area (Å²) in [5.41, 5.74) is 1.70. The number of ether oxygens (including phenoxy) is 1. The van der Waals surface area contributed by atoms with Crippen LogP contribution in [0.3, 0.4) is 0 Å². The van der Waals surface area contributed by atoms with E-state index < -0.39 is 52.5 Å². The van der Waals surface area contributed by atoms with Crippen molar-refractivity contribution < 1.29 is 35.9 Å². The van der Waals surface area contributed by atoms with Crippen LogP contribution in [0.1, 0.15) is 23.6 Å². The summed E-state index contributed by atoms with van der Waals surface area (Å²) in [5.74, 6) is -13.5. The van der Waals surface area contributed by atoms with Gasteiger partial charge in [0.2, 0.25) is 29.1 Å². The van der Waals surface area contributed by atoms with Crippen LogP contribution in [0, 0.1) is 42.9 Å². The maximum Gasteiger partial charge on any atom is 0.336 e. The third kappa shape index (κ3) is 4.23. The molecule has 10 heteroatoms. The van der Waals surface area contributed by atoms with Crippen LogP contribution in [0.15, 0.2) is 27.4 Å². The molecule has 0 radical (unpaired) electrons. The summed E-state index contributed by atoms with van der Waals surface area (Å²) in [7, 11) is 0. The molecule has 0 aliphatic rings. The van der Waals surface area contributed by atoms with E-state index in [0.29, 0.717) is 22.1 Å². The van der Waals surface area contributed by atoms with Crippen LogP contribution in [0.25, 0.3) is 11.0 Å². The highest BCUT2D eigenvalue weighted by Gasteiger charge is 2.29. The van der Waals surface area contributed by atoms with E-state index in [4.69, 9.17) is 9.15 Å². The zero-order chi connectivity index (χ0) is 23.0. The van der Waals surface area contributed by atoms with Gasteiger partial charge in [-0.2, -0.15) is 8.78 Å². The minimum Gasteiger partial charge on any atom is -0.475 e. The lowest BCUT2D eigenvalue weighted by Crippen LogP contribution is -2.36. The first-order valence-corrected chi connectivity index (χ1v) is 9.01. The van der Waals surface area contributed by atoms with E-state index in [-0.39, 0.29) is 6.54 Å². The van der Waals surface area contributed by atoms with E-state index in [1.54, 1.807) is 13.0 Å². The van der Waals surface area contributed by atoms with Gasteiger partial charge in [0.25, 0.3) is 5.91 Å². The molecule has 1 aromatic heterocycles. The Hall–Kier alpha value is -3.43. The molecular weight excluding hydrogens is 425 g/mol. The van der Waals surface area contributed by atoms with Crippen molar-refractivity contribution >= 4 is 16.9 Å². The van der Waals surface area contributed by atoms with Gasteiger partial charge >= 0.3 is 5.63 Å². The number of fused-ring (bicyclic) bond motifs is 1. The van der Waals surface area contributed by atoms with Crippen LogP contribution in [0.2, 0.25) is 0 Å². The number of carbonyl (C=O) groups is 1. The van der Waals surface area contributed by atoms with Crippen molar-refractivity contribution in [3.05, 3.63) is 74.4 Å². The first-order chi connectivity index (χ1) is 14.5. The Morgan fingerprint density at radius 1 is 1.00 bits per heavy atom. The monoisotopic (exact) mass is 441 g/mol. The van der Waals surface area contributed by atoms with Gasteiger partial charge in [0.1, 0.15) is 5.58 Å². The van der Waals surface area contributed by atoms with E-state index in [9.17, 15) is 31.5 Å². The molecule has 0 saturated carbocycles. The minimum atomic E-state index is -2.33. The Kier molecular flexibility index (Phi) is 6.01. The number of carbonyl (C=O) groups excluding carboxylic acids is 1. The molecule has 0 fully saturated rings. The number of hydrogen-bond donors (Lipinski definition) is 1. The van der Waals surface area contributed by atoms with E-state index in [0.717, 1.165) is 12.5 Å². The van der Waals surface area contributed by atoms with Crippen LogP contribution in [-0.2, 0) is 11.3 Å². The van der Waals surface area contributed by atoms with Crippen LogP contribution in [0.4, 0.5) is 22.0 Å². The number of amides is 1. The highest BCUT2D eigenvalue weighted by atomic mass is 19.2. The molecule has 0 spiro atoms. The predicted octanol–water partition coefficient (Wildman–Crippen LogP) is 4.19. The maximum absolute atomic E-state index is 13.7. The zero-order valence-corrected chi connectivity index (χ0v) is 16.5. The molecule has 1 heterocycles. The Labute approximate surface area is 172 Å². The van der Waals surface area contributed by atoms with Gasteiger partial charge in [-0.25, -0.2) is 18.0 Å². The first-order valence-electron chi connectivity index (χ1n) is 9.01. The SMILES string of the molecule is Cc1cc(C)c2oc(=O)cc(CNC(=O)C(C)Oc3c(F)c(F)c(F)c(F)c3F)c2c1. The molecule has 31 heavy (non-hydrogen) atoms. The average Bonchev–Trinajstić information content (AvgIpc) is 2.72. The molecule has 1 atom stereocenters. The van der Waals surface area contributed by atoms with Gasteiger partial charge in [-0.05, 0) is 43.5 Å². The predicted molar refractivity (Wildman–Crippen MR) is 100 cm³/mol. The molecule has 1 unspecified atom stereocenters. The highest BCUT2D eigenvalue weighted by Crippen LogP contribution is 2.30. The largest absolute Gasteiger partial charge is 0.475 e. The van der Waals surface area contributed by atoms with E-state index >= 15 is 0 Å². The lowest BCUT2D eigenvalue weighted by Gasteiger charge is -2.17. The number of nitrogens with one attached hydrogen (secondary N) is 1. The summed E-state index contributed by atoms with van der Waals surface area (Å²) in [4.78, 5) is 24.1. The van der Waals surface area contributed by atoms with Gasteiger partial charge in [-0.15, -0.1) is 0 Å². The molecule has 0 saturated heterocycles. The summed E-state index contributed by atoms with van der Waals surface area (Å²) in [6, 6.07) is 4.74. The number of benzene rings is 2. The zero-order valence-electron chi connectivity index (χ0n) is 16.5. The van der Waals surface area contributed by atoms with E-state index in [2.05, 4.69) is 5.32 Å². The van der Waals surface area contributed by atoms with E-state index in [1.807, 2.05) is 13.0 Å². The standard InChI is InChI=1S/C21H16F5NO4/c1-8-4-9(2)19-12(5-8)11(6-13(28)31-19)7-27-21(29)10(3)30-20-17(25)15(23)14(22)16(24)18(20)26/h4-6,10H,7H2,1-3H3,(H,27,29). The fraction of sp³-hybridized carbons (Fsp3) is 0.238. The second-order valence-corrected chi connectivity index (χ2v) is 6.93. The smallest absolute Gasteiger partial charge is 0.336 e. The Morgan fingerprint density at radius 3 is 2.19 bits per heavy atom. The molecule has 1 amide bonds. The normalized spacial score (nSPS) is 12.1. The van der Waals surface area contributed by atoms with Crippen molar-refractivity contribution in [2.24, 2.45) is 0 Å². The van der Waals surface area contributed by atoms with Crippen LogP contribution in [-0.4, -0.2) is 12.0 Å². The van der Waals surface area contributed by atoms with Gasteiger partial charge < -0.3 is 14.5 Å². The van der Waals surface area contributed by atoms with Crippen molar-refractivity contribution in [1.82, 2.24) is 5.32 Å². The lowest BCUT2D eigenvalue weighted by molar-refractivity contribution is -0.127. The van der Waals surface area contributed by atoms with Crippen molar-refractivity contribution in [2.45, 2.75) is 33.4 Å². The molecule has 164 valence electrons. The van der Waals surface area contributed by atoms with Crippen molar-refractivity contribution in [2.75, 3.05) is 0 Å². The van der Waals surface area contributed by atoms with Crippen LogP contribution in [0.5, 0.6) is 5.75 Å². The molecule has 3 rings (SSSR count). The summed E-state index contributed by atoms with van der Waals surface area (Å²) in [6.45, 7) is 4.48. The molecule has 1 N–H and O–H groups in total. The quantitative estimate of drug-likeness (QED) is 0.279. The van der Waals surface area contributed by atoms with Gasteiger partial charge in [-0.1, -0.05) is 6.07 Å². The number of halogens is 5. The van der Waals surface area contributed by atoms with Crippen LogP contribution >= 0.6 is 0 Å². The highest BCUT2D eigenvalue weighted by molar-refractivity contribution is 5.85. The number of hydrogen-bond acceptors (Lipinski definition) is 4. The molecule has 0 aliphatic heterocycles. The second kappa shape index (κ2) is 8.37. The maximum atomic E-state index is 13.7. The molecular formula is C21H16F5NO4. The second-order valence-electron chi connectivity index (χ2n) is 6.93. The van der Waals surface area contributed by atoms with Crippen molar-refractivity contribution in [3.63, 3.8) is 0 Å². The molecule has 0 bridgehead atoms. The van der Waals surface area contributed by atoms with Gasteiger partial charge in [-0.3, -0.25) is 4.79 Å². The molecule has 5 nitrogen and oxygen atoms in total. The average molecular weight is 441 g/mol. The molecule has 2 aromatic carbocycles. The van der Waals surface area contributed by atoms with Gasteiger partial charge in [0.15, 0.2) is 11.9 Å². The number of rotatable bonds is 5. The van der Waals surface area contributed by atoms with Gasteiger partial charge in [0.05, 0.1) is 0 Å². The number of aryl methyl sites for hydroxylation is 2. The van der Waals surface area contributed by atoms with Crippen LogP contribution < -0.4 is 15.7 Å². The Morgan fingerprint density at radius 2 is 1.58 bits per heavy atom. The first kappa shape index (κ1) is 22.3.